The van der Waals surface area contributed by atoms with Crippen molar-refractivity contribution in [3.63, 3.8) is 0 Å². The summed E-state index contributed by atoms with van der Waals surface area (Å²) in [5, 5.41) is 6.33. The molecule has 168 valence electrons. The zero-order valence-electron chi connectivity index (χ0n) is 16.9. The van der Waals surface area contributed by atoms with Crippen LogP contribution < -0.4 is 15.5 Å². The van der Waals surface area contributed by atoms with E-state index < -0.39 is 11.7 Å². The van der Waals surface area contributed by atoms with Gasteiger partial charge in [-0.15, -0.1) is 24.0 Å². The first-order chi connectivity index (χ1) is 13.9. The molecule has 2 bridgehead atoms. The molecule has 1 aromatic rings. The fourth-order valence-corrected chi connectivity index (χ4v) is 4.34. The van der Waals surface area contributed by atoms with Gasteiger partial charge in [0.05, 0.1) is 37.0 Å². The van der Waals surface area contributed by atoms with Crippen LogP contribution in [0.1, 0.15) is 30.4 Å². The van der Waals surface area contributed by atoms with Gasteiger partial charge in [0.1, 0.15) is 0 Å². The van der Waals surface area contributed by atoms with Crippen LogP contribution in [0.25, 0.3) is 0 Å². The van der Waals surface area contributed by atoms with Crippen LogP contribution >= 0.6 is 24.0 Å². The number of rotatable bonds is 4. The highest BCUT2D eigenvalue weighted by molar-refractivity contribution is 14.0. The summed E-state index contributed by atoms with van der Waals surface area (Å²) in [4.78, 5) is 6.09. The molecular weight excluding hydrogens is 512 g/mol. The van der Waals surface area contributed by atoms with E-state index in [9.17, 15) is 13.2 Å². The average molecular weight is 540 g/mol. The second kappa shape index (κ2) is 9.90. The Morgan fingerprint density at radius 3 is 2.60 bits per heavy atom. The monoisotopic (exact) mass is 540 g/mol. The molecular formula is C20H28F3IN4O2. The molecule has 3 saturated heterocycles. The number of aliphatic imine (C=N–C) groups is 1. The minimum Gasteiger partial charge on any atom is -0.378 e. The number of anilines is 1. The van der Waals surface area contributed by atoms with Crippen LogP contribution in [-0.2, 0) is 22.2 Å². The molecule has 0 amide bonds. The topological polar surface area (TPSA) is 58.1 Å². The van der Waals surface area contributed by atoms with Crippen LogP contribution in [0.15, 0.2) is 23.2 Å². The number of nitrogens with one attached hydrogen (secondary N) is 2. The van der Waals surface area contributed by atoms with Crippen LogP contribution in [-0.4, -0.2) is 57.6 Å². The molecule has 3 aliphatic heterocycles. The van der Waals surface area contributed by atoms with Crippen molar-refractivity contribution in [1.29, 1.82) is 0 Å². The summed E-state index contributed by atoms with van der Waals surface area (Å²) in [5.74, 6) is 0.497. The minimum absolute atomic E-state index is 0. The van der Waals surface area contributed by atoms with Crippen molar-refractivity contribution in [2.75, 3.05) is 38.3 Å². The van der Waals surface area contributed by atoms with Gasteiger partial charge in [-0.05, 0) is 37.0 Å². The Bertz CT molecular complexity index is 756. The molecule has 3 heterocycles. The van der Waals surface area contributed by atoms with Gasteiger partial charge in [-0.1, -0.05) is 6.07 Å². The number of guanidine groups is 1. The predicted octanol–water partition coefficient (Wildman–Crippen LogP) is 3.14. The lowest BCUT2D eigenvalue weighted by Gasteiger charge is -2.30. The summed E-state index contributed by atoms with van der Waals surface area (Å²) in [6.45, 7) is 2.28. The Morgan fingerprint density at radius 2 is 2.00 bits per heavy atom. The predicted molar refractivity (Wildman–Crippen MR) is 120 cm³/mol. The van der Waals surface area contributed by atoms with Gasteiger partial charge < -0.3 is 25.0 Å². The van der Waals surface area contributed by atoms with Crippen LogP contribution in [0.3, 0.4) is 0 Å². The first-order valence-corrected chi connectivity index (χ1v) is 10.1. The van der Waals surface area contributed by atoms with E-state index in [2.05, 4.69) is 15.6 Å². The molecule has 3 atom stereocenters. The Balaban J connectivity index is 0.00000256. The first kappa shape index (κ1) is 23.4. The highest BCUT2D eigenvalue weighted by atomic mass is 127. The molecule has 0 saturated carbocycles. The molecule has 4 rings (SSSR count). The Kier molecular flexibility index (Phi) is 7.72. The van der Waals surface area contributed by atoms with Gasteiger partial charge in [0.15, 0.2) is 5.96 Å². The van der Waals surface area contributed by atoms with E-state index in [1.807, 2.05) is 4.90 Å². The standard InChI is InChI=1S/C20H27F3N4O2.HI/c1-24-19(26-17-11-15-4-5-18(17)29-15)25-12-13-2-3-14(10-16(13)20(21,22)23)27-6-8-28-9-7-27;/h2-3,10,15,17-18H,4-9,11-12H2,1H3,(H2,24,25,26);1H. The number of hydrogen-bond acceptors (Lipinski definition) is 4. The van der Waals surface area contributed by atoms with E-state index in [1.54, 1.807) is 19.2 Å². The largest absolute Gasteiger partial charge is 0.416 e. The summed E-state index contributed by atoms with van der Waals surface area (Å²) >= 11 is 0. The maximum Gasteiger partial charge on any atom is 0.416 e. The lowest BCUT2D eigenvalue weighted by Crippen LogP contribution is -2.47. The zero-order valence-corrected chi connectivity index (χ0v) is 19.2. The fraction of sp³-hybridized carbons (Fsp3) is 0.650. The Morgan fingerprint density at radius 1 is 1.23 bits per heavy atom. The number of morpholine rings is 1. The molecule has 0 spiro atoms. The molecule has 0 aromatic heterocycles. The molecule has 3 fully saturated rings. The lowest BCUT2D eigenvalue weighted by atomic mass is 9.96. The van der Waals surface area contributed by atoms with E-state index >= 15 is 0 Å². The van der Waals surface area contributed by atoms with E-state index in [4.69, 9.17) is 9.47 Å². The molecule has 6 nitrogen and oxygen atoms in total. The van der Waals surface area contributed by atoms with Crippen molar-refractivity contribution in [3.8, 4) is 0 Å². The van der Waals surface area contributed by atoms with E-state index in [-0.39, 0.29) is 48.2 Å². The maximum atomic E-state index is 13.7. The number of halogens is 4. The third kappa shape index (κ3) is 5.31. The van der Waals surface area contributed by atoms with Crippen LogP contribution in [0.5, 0.6) is 0 Å². The Labute approximate surface area is 191 Å². The van der Waals surface area contributed by atoms with E-state index in [0.717, 1.165) is 19.3 Å². The third-order valence-corrected chi connectivity index (χ3v) is 5.87. The van der Waals surface area contributed by atoms with E-state index in [1.165, 1.54) is 6.07 Å². The van der Waals surface area contributed by atoms with E-state index in [0.29, 0.717) is 44.1 Å². The molecule has 3 unspecified atom stereocenters. The van der Waals surface area contributed by atoms with Gasteiger partial charge in [-0.3, -0.25) is 4.99 Å². The van der Waals surface area contributed by atoms with Gasteiger partial charge in [0.2, 0.25) is 0 Å². The van der Waals surface area contributed by atoms with Crippen molar-refractivity contribution in [1.82, 2.24) is 10.6 Å². The average Bonchev–Trinajstić information content (AvgIpc) is 3.34. The molecule has 2 N–H and O–H groups in total. The Hall–Kier alpha value is -1.27. The van der Waals surface area contributed by atoms with Crippen LogP contribution in [0, 0.1) is 0 Å². The molecule has 10 heteroatoms. The van der Waals surface area contributed by atoms with Crippen LogP contribution in [0.4, 0.5) is 18.9 Å². The van der Waals surface area contributed by atoms with Gasteiger partial charge in [-0.25, -0.2) is 0 Å². The van der Waals surface area contributed by atoms with Gasteiger partial charge in [0.25, 0.3) is 0 Å². The number of nitrogens with zero attached hydrogens (tertiary/aromatic N) is 2. The van der Waals surface area contributed by atoms with Gasteiger partial charge in [-0.2, -0.15) is 13.2 Å². The molecule has 0 radical (unpaired) electrons. The van der Waals surface area contributed by atoms with Crippen molar-refractivity contribution in [2.24, 2.45) is 4.99 Å². The summed E-state index contributed by atoms with van der Waals surface area (Å²) < 4.78 is 52.2. The number of alkyl halides is 3. The van der Waals surface area contributed by atoms with Crippen molar-refractivity contribution in [2.45, 2.75) is 50.2 Å². The number of fused-ring (bicyclic) bond motifs is 2. The zero-order chi connectivity index (χ0) is 20.4. The second-order valence-corrected chi connectivity index (χ2v) is 7.72. The van der Waals surface area contributed by atoms with Crippen molar-refractivity contribution < 1.29 is 22.6 Å². The van der Waals surface area contributed by atoms with Crippen LogP contribution in [0.2, 0.25) is 0 Å². The summed E-state index contributed by atoms with van der Waals surface area (Å²) in [6, 6.07) is 4.69. The smallest absolute Gasteiger partial charge is 0.378 e. The highest BCUT2D eigenvalue weighted by Crippen LogP contribution is 2.35. The number of ether oxygens (including phenoxy) is 2. The summed E-state index contributed by atoms with van der Waals surface area (Å²) in [6.07, 6.45) is -0.959. The highest BCUT2D eigenvalue weighted by Gasteiger charge is 2.41. The molecule has 3 aliphatic rings. The number of benzene rings is 1. The number of hydrogen-bond donors (Lipinski definition) is 2. The lowest BCUT2D eigenvalue weighted by molar-refractivity contribution is -0.138. The van der Waals surface area contributed by atoms with Crippen molar-refractivity contribution in [3.05, 3.63) is 29.3 Å². The normalized spacial score (nSPS) is 26.5. The first-order valence-electron chi connectivity index (χ1n) is 10.1. The van der Waals surface area contributed by atoms with Crippen molar-refractivity contribution >= 4 is 35.6 Å². The molecule has 30 heavy (non-hydrogen) atoms. The fourth-order valence-electron chi connectivity index (χ4n) is 4.34. The quantitative estimate of drug-likeness (QED) is 0.350. The summed E-state index contributed by atoms with van der Waals surface area (Å²) in [5.41, 5.74) is 0.153. The third-order valence-electron chi connectivity index (χ3n) is 5.87. The molecule has 0 aliphatic carbocycles. The SMILES string of the molecule is CN=C(NCc1ccc(N2CCOCC2)cc1C(F)(F)F)NC1CC2CCC1O2.I. The summed E-state index contributed by atoms with van der Waals surface area (Å²) in [7, 11) is 1.62. The second-order valence-electron chi connectivity index (χ2n) is 7.72. The van der Waals surface area contributed by atoms with Gasteiger partial charge in [0, 0.05) is 32.4 Å². The van der Waals surface area contributed by atoms with Gasteiger partial charge >= 0.3 is 6.18 Å². The molecule has 1 aromatic carbocycles. The maximum absolute atomic E-state index is 13.7. The minimum atomic E-state index is -4.42.